The van der Waals surface area contributed by atoms with Crippen LogP contribution in [0.3, 0.4) is 0 Å². The fourth-order valence-corrected chi connectivity index (χ4v) is 4.79. The summed E-state index contributed by atoms with van der Waals surface area (Å²) >= 11 is 1.60. The molecular formula is C31H38FN3O4S. The number of carboxylic acids is 1. The minimum atomic E-state index is -0.849. The number of aryl methyl sites for hydroxylation is 1. The lowest BCUT2D eigenvalue weighted by molar-refractivity contribution is -0.136. The highest BCUT2D eigenvalue weighted by atomic mass is 32.1. The highest BCUT2D eigenvalue weighted by molar-refractivity contribution is 7.15. The Kier molecular flexibility index (Phi) is 10.8. The molecule has 0 bridgehead atoms. The molecule has 0 fully saturated rings. The molecule has 9 heteroatoms. The summed E-state index contributed by atoms with van der Waals surface area (Å²) in [5.41, 5.74) is 2.24. The second kappa shape index (κ2) is 14.1. The highest BCUT2D eigenvalue weighted by Gasteiger charge is 2.24. The molecule has 0 radical (unpaired) electrons. The van der Waals surface area contributed by atoms with Gasteiger partial charge in [0, 0.05) is 17.4 Å². The molecule has 0 aliphatic carbocycles. The van der Waals surface area contributed by atoms with E-state index in [1.807, 2.05) is 24.3 Å². The average molecular weight is 568 g/mol. The van der Waals surface area contributed by atoms with Gasteiger partial charge in [0.15, 0.2) is 0 Å². The van der Waals surface area contributed by atoms with E-state index in [4.69, 9.17) is 14.6 Å². The largest absolute Gasteiger partial charge is 0.497 e. The van der Waals surface area contributed by atoms with E-state index in [0.717, 1.165) is 10.4 Å². The lowest BCUT2D eigenvalue weighted by Gasteiger charge is -2.15. The van der Waals surface area contributed by atoms with Crippen LogP contribution in [-0.4, -0.2) is 33.2 Å². The summed E-state index contributed by atoms with van der Waals surface area (Å²) in [5.74, 6) is -0.205. The van der Waals surface area contributed by atoms with E-state index >= 15 is 0 Å². The van der Waals surface area contributed by atoms with E-state index in [0.29, 0.717) is 29.3 Å². The van der Waals surface area contributed by atoms with Crippen LogP contribution in [0, 0.1) is 5.82 Å². The third kappa shape index (κ3) is 8.14. The molecule has 0 atom stereocenters. The minimum Gasteiger partial charge on any atom is -0.497 e. The van der Waals surface area contributed by atoms with Crippen LogP contribution in [0.4, 0.5) is 4.39 Å². The SMILES string of the molecule is CCCC.COc1ccc(F)c(-n2nnc(COc3cccc(CCC(=O)O)c3)c2-c2ccc(C(C)(C)C)s2)c1. The smallest absolute Gasteiger partial charge is 0.303 e. The van der Waals surface area contributed by atoms with Crippen molar-refractivity contribution in [3.05, 3.63) is 76.5 Å². The molecule has 0 amide bonds. The van der Waals surface area contributed by atoms with E-state index in [1.54, 1.807) is 29.5 Å². The number of methoxy groups -OCH3 is 1. The summed E-state index contributed by atoms with van der Waals surface area (Å²) in [6.07, 6.45) is 3.09. The molecular weight excluding hydrogens is 529 g/mol. The maximum Gasteiger partial charge on any atom is 0.303 e. The second-order valence-corrected chi connectivity index (χ2v) is 11.4. The van der Waals surface area contributed by atoms with Gasteiger partial charge < -0.3 is 14.6 Å². The Morgan fingerprint density at radius 3 is 2.42 bits per heavy atom. The van der Waals surface area contributed by atoms with Crippen LogP contribution >= 0.6 is 11.3 Å². The van der Waals surface area contributed by atoms with Crippen molar-refractivity contribution in [3.63, 3.8) is 0 Å². The van der Waals surface area contributed by atoms with Gasteiger partial charge in [-0.15, -0.1) is 16.4 Å². The van der Waals surface area contributed by atoms with Crippen molar-refractivity contribution in [2.45, 2.75) is 72.3 Å². The standard InChI is InChI=1S/C27H28FN3O4S.C4H10/c1-27(2,3)24-12-11-23(36-24)26-21(16-35-19-7-5-6-17(14-19)8-13-25(32)33)29-30-31(26)22-15-18(34-4)9-10-20(22)28;1-3-4-2/h5-7,9-12,14-15H,8,13,16H2,1-4H3,(H,32,33);3-4H2,1-2H3. The first-order valence-corrected chi connectivity index (χ1v) is 14.2. The van der Waals surface area contributed by atoms with Crippen LogP contribution in [0.1, 0.15) is 70.0 Å². The first-order valence-electron chi connectivity index (χ1n) is 13.4. The van der Waals surface area contributed by atoms with E-state index in [1.165, 1.54) is 35.6 Å². The number of ether oxygens (including phenoxy) is 2. The number of carboxylic acid groups (broad SMARTS) is 1. The third-order valence-corrected chi connectivity index (χ3v) is 7.62. The van der Waals surface area contributed by atoms with Crippen molar-refractivity contribution in [2.24, 2.45) is 0 Å². The van der Waals surface area contributed by atoms with Crippen LogP contribution in [0.5, 0.6) is 11.5 Å². The summed E-state index contributed by atoms with van der Waals surface area (Å²) in [7, 11) is 1.53. The summed E-state index contributed by atoms with van der Waals surface area (Å²) in [6.45, 7) is 10.9. The Morgan fingerprint density at radius 1 is 1.05 bits per heavy atom. The Morgan fingerprint density at radius 2 is 1.80 bits per heavy atom. The highest BCUT2D eigenvalue weighted by Crippen LogP contribution is 2.37. The van der Waals surface area contributed by atoms with Crippen molar-refractivity contribution in [3.8, 4) is 27.8 Å². The lowest BCUT2D eigenvalue weighted by atomic mass is 9.95. The van der Waals surface area contributed by atoms with Crippen LogP contribution in [0.15, 0.2) is 54.6 Å². The van der Waals surface area contributed by atoms with E-state index in [2.05, 4.69) is 51.0 Å². The number of aliphatic carboxylic acids is 1. The third-order valence-electron chi connectivity index (χ3n) is 6.10. The molecule has 2 heterocycles. The van der Waals surface area contributed by atoms with Crippen molar-refractivity contribution in [1.29, 1.82) is 0 Å². The summed E-state index contributed by atoms with van der Waals surface area (Å²) in [5, 5.41) is 17.6. The van der Waals surface area contributed by atoms with Crippen molar-refractivity contribution >= 4 is 17.3 Å². The van der Waals surface area contributed by atoms with Gasteiger partial charge in [0.05, 0.1) is 12.0 Å². The topological polar surface area (TPSA) is 86.5 Å². The molecule has 0 saturated heterocycles. The molecule has 2 aromatic carbocycles. The molecule has 4 rings (SSSR count). The average Bonchev–Trinajstić information content (AvgIpc) is 3.59. The van der Waals surface area contributed by atoms with E-state index in [-0.39, 0.29) is 24.1 Å². The quantitative estimate of drug-likeness (QED) is 0.210. The molecule has 40 heavy (non-hydrogen) atoms. The number of carbonyl (C=O) groups is 1. The monoisotopic (exact) mass is 567 g/mol. The number of halogens is 1. The van der Waals surface area contributed by atoms with Crippen molar-refractivity contribution in [2.75, 3.05) is 7.11 Å². The second-order valence-electron chi connectivity index (χ2n) is 10.4. The summed E-state index contributed by atoms with van der Waals surface area (Å²) in [4.78, 5) is 13.0. The first-order chi connectivity index (χ1) is 19.1. The molecule has 0 aliphatic heterocycles. The Hall–Kier alpha value is -3.72. The zero-order chi connectivity index (χ0) is 29.3. The van der Waals surface area contributed by atoms with Crippen LogP contribution in [-0.2, 0) is 23.2 Å². The number of unbranched alkanes of at least 4 members (excludes halogenated alkanes) is 1. The molecule has 214 valence electrons. The number of rotatable bonds is 10. The molecule has 7 nitrogen and oxygen atoms in total. The fraction of sp³-hybridized carbons (Fsp3) is 0.387. The van der Waals surface area contributed by atoms with Gasteiger partial charge in [0.1, 0.15) is 41.0 Å². The summed E-state index contributed by atoms with van der Waals surface area (Å²) in [6, 6.07) is 15.9. The molecule has 0 saturated carbocycles. The van der Waals surface area contributed by atoms with E-state index < -0.39 is 11.8 Å². The molecule has 0 aliphatic rings. The van der Waals surface area contributed by atoms with E-state index in [9.17, 15) is 9.18 Å². The number of nitrogens with zero attached hydrogens (tertiary/aromatic N) is 3. The van der Waals surface area contributed by atoms with Gasteiger partial charge in [0.25, 0.3) is 0 Å². The van der Waals surface area contributed by atoms with Crippen LogP contribution < -0.4 is 9.47 Å². The number of benzene rings is 2. The van der Waals surface area contributed by atoms with Gasteiger partial charge >= 0.3 is 5.97 Å². The maximum atomic E-state index is 14.9. The zero-order valence-electron chi connectivity index (χ0n) is 24.0. The first kappa shape index (κ1) is 30.8. The van der Waals surface area contributed by atoms with Crippen LogP contribution in [0.2, 0.25) is 0 Å². The Balaban J connectivity index is 0.00000103. The van der Waals surface area contributed by atoms with Crippen molar-refractivity contribution in [1.82, 2.24) is 15.0 Å². The predicted molar refractivity (Wildman–Crippen MR) is 157 cm³/mol. The molecule has 2 aromatic heterocycles. The number of thiophene rings is 1. The Bertz CT molecular complexity index is 1410. The zero-order valence-corrected chi connectivity index (χ0v) is 24.8. The maximum absolute atomic E-state index is 14.9. The minimum absolute atomic E-state index is 0.0442. The lowest BCUT2D eigenvalue weighted by Crippen LogP contribution is -2.07. The molecule has 4 aromatic rings. The number of hydrogen-bond acceptors (Lipinski definition) is 6. The van der Waals surface area contributed by atoms with Gasteiger partial charge in [0.2, 0.25) is 0 Å². The number of aromatic nitrogens is 3. The fourth-order valence-electron chi connectivity index (χ4n) is 3.67. The molecule has 0 unspecified atom stereocenters. The molecule has 0 spiro atoms. The van der Waals surface area contributed by atoms with Gasteiger partial charge in [-0.25, -0.2) is 9.07 Å². The van der Waals surface area contributed by atoms with Gasteiger partial charge in [-0.05, 0) is 53.8 Å². The normalized spacial score (nSPS) is 11.1. The predicted octanol–water partition coefficient (Wildman–Crippen LogP) is 7.84. The van der Waals surface area contributed by atoms with Crippen LogP contribution in [0.25, 0.3) is 16.3 Å². The Labute approximate surface area is 239 Å². The molecule has 1 N–H and O–H groups in total. The van der Waals surface area contributed by atoms with Gasteiger partial charge in [-0.1, -0.05) is 64.8 Å². The number of hydrogen-bond donors (Lipinski definition) is 1. The van der Waals surface area contributed by atoms with Gasteiger partial charge in [-0.2, -0.15) is 0 Å². The van der Waals surface area contributed by atoms with Crippen molar-refractivity contribution < 1.29 is 23.8 Å². The summed E-state index contributed by atoms with van der Waals surface area (Å²) < 4.78 is 27.7. The van der Waals surface area contributed by atoms with Gasteiger partial charge in [-0.3, -0.25) is 4.79 Å².